The van der Waals surface area contributed by atoms with Gasteiger partial charge < -0.3 is 0 Å². The highest BCUT2D eigenvalue weighted by Crippen LogP contribution is 2.40. The second kappa shape index (κ2) is 10.2. The number of carbonyl (C=O) groups is 4. The van der Waals surface area contributed by atoms with Crippen molar-refractivity contribution >= 4 is 78.1 Å². The lowest BCUT2D eigenvalue weighted by atomic mass is 9.94. The Bertz CT molecular complexity index is 1950. The number of hydrogen-bond acceptors (Lipinski definition) is 6. The molecule has 0 atom stereocenters. The zero-order chi connectivity index (χ0) is 29.9. The van der Waals surface area contributed by atoms with Gasteiger partial charge in [-0.3, -0.25) is 19.2 Å². The van der Waals surface area contributed by atoms with Gasteiger partial charge in [-0.15, -0.1) is 0 Å². The summed E-state index contributed by atoms with van der Waals surface area (Å²) >= 11 is 0. The number of benzene rings is 6. The van der Waals surface area contributed by atoms with Crippen LogP contribution in [0, 0.1) is 0 Å². The Hall–Kier alpha value is -5.18. The molecule has 44 heavy (non-hydrogen) atoms. The average molecular weight is 609 g/mol. The number of anilines is 2. The van der Waals surface area contributed by atoms with Crippen molar-refractivity contribution in [3.05, 3.63) is 144 Å². The van der Waals surface area contributed by atoms with E-state index in [0.29, 0.717) is 44.4 Å². The zero-order valence-electron chi connectivity index (χ0n) is 22.9. The minimum absolute atomic E-state index is 0.333. The maximum absolute atomic E-state index is 13.4. The quantitative estimate of drug-likeness (QED) is 0.145. The fraction of sp³-hybridized carbons (Fsp3) is 0. The summed E-state index contributed by atoms with van der Waals surface area (Å²) in [4.78, 5) is 57.7. The van der Waals surface area contributed by atoms with Gasteiger partial charge in [-0.05, 0) is 83.6 Å². The van der Waals surface area contributed by atoms with Gasteiger partial charge in [-0.1, -0.05) is 70.1 Å². The van der Waals surface area contributed by atoms with E-state index in [0.717, 1.165) is 20.6 Å². The molecular weight excluding hydrogens is 589 g/mol. The largest absolute Gasteiger partial charge is 0.268 e. The molecule has 0 fully saturated rings. The molecule has 0 saturated heterocycles. The van der Waals surface area contributed by atoms with Crippen LogP contribution in [-0.4, -0.2) is 23.6 Å². The number of carbonyl (C=O) groups excluding carboxylic acids is 4. The molecule has 0 N–H and O–H groups in total. The van der Waals surface area contributed by atoms with Crippen molar-refractivity contribution in [3.63, 3.8) is 0 Å². The van der Waals surface area contributed by atoms with Crippen molar-refractivity contribution in [2.75, 3.05) is 9.80 Å². The molecule has 0 radical (unpaired) electrons. The molecule has 8 heteroatoms. The van der Waals surface area contributed by atoms with Crippen molar-refractivity contribution < 1.29 is 19.2 Å². The van der Waals surface area contributed by atoms with E-state index in [1.165, 1.54) is 31.4 Å². The monoisotopic (exact) mass is 608 g/mol. The van der Waals surface area contributed by atoms with Gasteiger partial charge in [0.05, 0.1) is 11.4 Å². The highest BCUT2D eigenvalue weighted by Gasteiger charge is 2.35. The minimum Gasteiger partial charge on any atom is -0.268 e. The van der Waals surface area contributed by atoms with Gasteiger partial charge in [0.15, 0.2) is 0 Å². The second-order valence-electron chi connectivity index (χ2n) is 10.5. The Morgan fingerprint density at radius 1 is 0.364 bits per heavy atom. The molecule has 0 unspecified atom stereocenters. The standard InChI is InChI=1S/C36H20N2O4S2/c39-33-27-9-1-5-21-6-2-10-28(31(21)27)34(40)37(33)23-13-17-25(18-14-23)43-44-26-19-15-24(16-20-26)38-35(41)29-11-3-7-22-8-4-12-30(32(22)29)36(38)42/h1-20H. The molecule has 8 rings (SSSR count). The van der Waals surface area contributed by atoms with Crippen LogP contribution in [0.3, 0.4) is 0 Å². The van der Waals surface area contributed by atoms with Crippen LogP contribution in [0.2, 0.25) is 0 Å². The third-order valence-corrected chi connectivity index (χ3v) is 10.4. The molecule has 0 spiro atoms. The lowest BCUT2D eigenvalue weighted by Gasteiger charge is -2.27. The lowest BCUT2D eigenvalue weighted by molar-refractivity contribution is 0.0877. The first kappa shape index (κ1) is 26.4. The third-order valence-electron chi connectivity index (χ3n) is 7.97. The first-order chi connectivity index (χ1) is 21.5. The van der Waals surface area contributed by atoms with Crippen molar-refractivity contribution in [1.82, 2.24) is 0 Å². The molecule has 2 aliphatic heterocycles. The molecule has 0 aliphatic carbocycles. The average Bonchev–Trinajstić information content (AvgIpc) is 3.06. The van der Waals surface area contributed by atoms with E-state index in [1.54, 1.807) is 48.5 Å². The maximum Gasteiger partial charge on any atom is 0.265 e. The van der Waals surface area contributed by atoms with Crippen LogP contribution in [0.25, 0.3) is 21.5 Å². The summed E-state index contributed by atoms with van der Waals surface area (Å²) in [6.07, 6.45) is 0. The SMILES string of the molecule is O=C1c2cccc3cccc(c23)C(=O)N1c1ccc(SSc2ccc(N3C(=O)c4cccc5cccc(c45)C3=O)cc2)cc1. The zero-order valence-corrected chi connectivity index (χ0v) is 24.5. The van der Waals surface area contributed by atoms with Crippen LogP contribution in [-0.2, 0) is 0 Å². The van der Waals surface area contributed by atoms with E-state index in [9.17, 15) is 19.2 Å². The van der Waals surface area contributed by atoms with Gasteiger partial charge in [0, 0.05) is 42.8 Å². The fourth-order valence-electron chi connectivity index (χ4n) is 5.93. The van der Waals surface area contributed by atoms with Crippen molar-refractivity contribution in [1.29, 1.82) is 0 Å². The number of rotatable bonds is 5. The van der Waals surface area contributed by atoms with Gasteiger partial charge in [0.2, 0.25) is 0 Å². The van der Waals surface area contributed by atoms with Gasteiger partial charge in [-0.25, -0.2) is 9.80 Å². The topological polar surface area (TPSA) is 74.8 Å². The van der Waals surface area contributed by atoms with Crippen LogP contribution in [0.4, 0.5) is 11.4 Å². The fourth-order valence-corrected chi connectivity index (χ4v) is 7.86. The molecule has 6 aromatic rings. The van der Waals surface area contributed by atoms with E-state index >= 15 is 0 Å². The Morgan fingerprint density at radius 2 is 0.659 bits per heavy atom. The van der Waals surface area contributed by atoms with Crippen molar-refractivity contribution in [2.24, 2.45) is 0 Å². The summed E-state index contributed by atoms with van der Waals surface area (Å²) in [5.74, 6) is -1.33. The van der Waals surface area contributed by atoms with Gasteiger partial charge in [0.1, 0.15) is 0 Å². The summed E-state index contributed by atoms with van der Waals surface area (Å²) in [7, 11) is 3.05. The Balaban J connectivity index is 0.982. The summed E-state index contributed by atoms with van der Waals surface area (Å²) in [6, 6.07) is 36.6. The molecule has 210 valence electrons. The van der Waals surface area contributed by atoms with Crippen LogP contribution in [0.15, 0.2) is 131 Å². The number of imide groups is 2. The molecule has 0 bridgehead atoms. The van der Waals surface area contributed by atoms with Gasteiger partial charge in [-0.2, -0.15) is 0 Å². The maximum atomic E-state index is 13.4. The van der Waals surface area contributed by atoms with Gasteiger partial charge in [0.25, 0.3) is 23.6 Å². The predicted molar refractivity (Wildman–Crippen MR) is 175 cm³/mol. The van der Waals surface area contributed by atoms with E-state index in [1.807, 2.05) is 72.8 Å². The molecule has 4 amide bonds. The van der Waals surface area contributed by atoms with Crippen LogP contribution >= 0.6 is 21.6 Å². The van der Waals surface area contributed by atoms with Crippen LogP contribution in [0.5, 0.6) is 0 Å². The van der Waals surface area contributed by atoms with Crippen molar-refractivity contribution in [3.8, 4) is 0 Å². The summed E-state index contributed by atoms with van der Waals surface area (Å²) < 4.78 is 0. The molecule has 0 saturated carbocycles. The minimum atomic E-state index is -0.333. The molecule has 0 aromatic heterocycles. The molecule has 6 aromatic carbocycles. The Labute approximate surface area is 259 Å². The van der Waals surface area contributed by atoms with E-state index in [4.69, 9.17) is 0 Å². The summed E-state index contributed by atoms with van der Waals surface area (Å²) in [5.41, 5.74) is 3.10. The normalized spacial score (nSPS) is 14.2. The first-order valence-electron chi connectivity index (χ1n) is 13.9. The first-order valence-corrected chi connectivity index (χ1v) is 16.0. The highest BCUT2D eigenvalue weighted by molar-refractivity contribution is 8.76. The number of nitrogens with zero attached hydrogens (tertiary/aromatic N) is 2. The van der Waals surface area contributed by atoms with E-state index in [2.05, 4.69) is 0 Å². The second-order valence-corrected chi connectivity index (χ2v) is 12.7. The molecular formula is C36H20N2O4S2. The Kier molecular flexibility index (Phi) is 6.14. The summed E-state index contributed by atoms with van der Waals surface area (Å²) in [6.45, 7) is 0. The number of hydrogen-bond donors (Lipinski definition) is 0. The molecule has 2 aliphatic rings. The third kappa shape index (κ3) is 4.06. The lowest BCUT2D eigenvalue weighted by Crippen LogP contribution is -2.40. The van der Waals surface area contributed by atoms with E-state index < -0.39 is 0 Å². The number of amides is 4. The Morgan fingerprint density at radius 3 is 0.955 bits per heavy atom. The summed E-state index contributed by atoms with van der Waals surface area (Å²) in [5, 5.41) is 3.14. The van der Waals surface area contributed by atoms with E-state index in [-0.39, 0.29) is 23.6 Å². The molecule has 6 nitrogen and oxygen atoms in total. The highest BCUT2D eigenvalue weighted by atomic mass is 33.1. The van der Waals surface area contributed by atoms with Crippen LogP contribution < -0.4 is 9.80 Å². The van der Waals surface area contributed by atoms with Crippen molar-refractivity contribution in [2.45, 2.75) is 9.79 Å². The smallest absolute Gasteiger partial charge is 0.265 e. The molecule has 2 heterocycles. The predicted octanol–water partition coefficient (Wildman–Crippen LogP) is 8.39. The van der Waals surface area contributed by atoms with Crippen LogP contribution in [0.1, 0.15) is 41.4 Å². The van der Waals surface area contributed by atoms with Gasteiger partial charge >= 0.3 is 0 Å².